The van der Waals surface area contributed by atoms with Gasteiger partial charge >= 0.3 is 5.97 Å². The summed E-state index contributed by atoms with van der Waals surface area (Å²) >= 11 is 19.1. The Morgan fingerprint density at radius 2 is 1.81 bits per heavy atom. The quantitative estimate of drug-likeness (QED) is 0.316. The van der Waals surface area contributed by atoms with Crippen molar-refractivity contribution in [3.63, 3.8) is 0 Å². The number of carbonyl (C=O) groups excluding carboxylic acids is 1. The zero-order chi connectivity index (χ0) is 18.7. The Balaban J connectivity index is 1.68. The Morgan fingerprint density at radius 3 is 2.46 bits per heavy atom. The van der Waals surface area contributed by atoms with Crippen molar-refractivity contribution in [1.82, 2.24) is 14.8 Å². The van der Waals surface area contributed by atoms with Crippen LogP contribution in [0.3, 0.4) is 0 Å². The van der Waals surface area contributed by atoms with Gasteiger partial charge in [0.25, 0.3) is 0 Å². The predicted octanol–water partition coefficient (Wildman–Crippen LogP) is 5.23. The maximum atomic E-state index is 12.1. The normalized spacial score (nSPS) is 10.8. The lowest BCUT2D eigenvalue weighted by atomic mass is 10.2. The van der Waals surface area contributed by atoms with E-state index in [4.69, 9.17) is 39.5 Å². The minimum atomic E-state index is -0.514. The van der Waals surface area contributed by atoms with E-state index >= 15 is 0 Å². The number of rotatable bonds is 5. The van der Waals surface area contributed by atoms with Crippen molar-refractivity contribution >= 4 is 52.5 Å². The van der Waals surface area contributed by atoms with Crippen LogP contribution in [-0.4, -0.2) is 26.5 Å². The second-order valence-corrected chi connectivity index (χ2v) is 7.47. The highest BCUT2D eigenvalue weighted by molar-refractivity contribution is 7.99. The van der Waals surface area contributed by atoms with Crippen LogP contribution in [-0.2, 0) is 4.79 Å². The van der Waals surface area contributed by atoms with Crippen LogP contribution < -0.4 is 4.74 Å². The zero-order valence-corrected chi connectivity index (χ0v) is 16.5. The van der Waals surface area contributed by atoms with Crippen molar-refractivity contribution in [1.29, 1.82) is 0 Å². The molecule has 0 radical (unpaired) electrons. The number of carbonyl (C=O) groups is 1. The summed E-state index contributed by atoms with van der Waals surface area (Å²) in [5, 5.41) is 9.21. The molecule has 3 aromatic rings. The Kier molecular flexibility index (Phi) is 6.09. The van der Waals surface area contributed by atoms with E-state index in [2.05, 4.69) is 10.2 Å². The van der Waals surface area contributed by atoms with Crippen molar-refractivity contribution in [2.45, 2.75) is 12.1 Å². The van der Waals surface area contributed by atoms with Gasteiger partial charge < -0.3 is 4.74 Å². The largest absolute Gasteiger partial charge is 0.423 e. The summed E-state index contributed by atoms with van der Waals surface area (Å²) in [6.07, 6.45) is 1.59. The lowest BCUT2D eigenvalue weighted by molar-refractivity contribution is -0.131. The average molecular weight is 429 g/mol. The molecule has 9 heteroatoms. The van der Waals surface area contributed by atoms with Crippen molar-refractivity contribution in [3.05, 3.63) is 63.4 Å². The number of ether oxygens (including phenoxy) is 1. The second kappa shape index (κ2) is 8.31. The van der Waals surface area contributed by atoms with Crippen LogP contribution >= 0.6 is 46.6 Å². The molecule has 0 aliphatic heterocycles. The Labute approximate surface area is 169 Å². The number of esters is 1. The van der Waals surface area contributed by atoms with E-state index in [1.54, 1.807) is 10.9 Å². The average Bonchev–Trinajstić information content (AvgIpc) is 3.05. The van der Waals surface area contributed by atoms with Crippen LogP contribution in [0.1, 0.15) is 5.56 Å². The lowest BCUT2D eigenvalue weighted by Gasteiger charge is -2.09. The molecule has 1 heterocycles. The van der Waals surface area contributed by atoms with E-state index in [0.29, 0.717) is 10.2 Å². The smallest absolute Gasteiger partial charge is 0.321 e. The van der Waals surface area contributed by atoms with Gasteiger partial charge in [0.2, 0.25) is 0 Å². The summed E-state index contributed by atoms with van der Waals surface area (Å²) < 4.78 is 7.04. The lowest BCUT2D eigenvalue weighted by Crippen LogP contribution is -2.12. The molecule has 0 aliphatic carbocycles. The van der Waals surface area contributed by atoms with Gasteiger partial charge in [-0.2, -0.15) is 0 Å². The molecule has 5 nitrogen and oxygen atoms in total. The molecule has 26 heavy (non-hydrogen) atoms. The molecule has 0 N–H and O–H groups in total. The molecule has 0 amide bonds. The molecule has 134 valence electrons. The number of hydrogen-bond donors (Lipinski definition) is 0. The van der Waals surface area contributed by atoms with Gasteiger partial charge in [-0.05, 0) is 31.2 Å². The highest BCUT2D eigenvalue weighted by Crippen LogP contribution is 2.36. The third kappa shape index (κ3) is 4.51. The monoisotopic (exact) mass is 427 g/mol. The van der Waals surface area contributed by atoms with Gasteiger partial charge in [-0.3, -0.25) is 9.36 Å². The van der Waals surface area contributed by atoms with Gasteiger partial charge in [0.1, 0.15) is 6.33 Å². The predicted molar refractivity (Wildman–Crippen MR) is 104 cm³/mol. The molecule has 0 saturated carbocycles. The Bertz CT molecular complexity index is 922. The van der Waals surface area contributed by atoms with Gasteiger partial charge in [-0.15, -0.1) is 10.2 Å². The van der Waals surface area contributed by atoms with Crippen LogP contribution in [0.5, 0.6) is 5.75 Å². The summed E-state index contributed by atoms with van der Waals surface area (Å²) in [7, 11) is 0. The Hall–Kier alpha value is -1.73. The topological polar surface area (TPSA) is 57.0 Å². The first-order chi connectivity index (χ1) is 12.4. The van der Waals surface area contributed by atoms with Gasteiger partial charge in [-0.25, -0.2) is 0 Å². The fraction of sp³-hybridized carbons (Fsp3) is 0.118. The van der Waals surface area contributed by atoms with Crippen molar-refractivity contribution in [2.24, 2.45) is 0 Å². The highest BCUT2D eigenvalue weighted by Gasteiger charge is 2.16. The Morgan fingerprint density at radius 1 is 1.15 bits per heavy atom. The number of nitrogens with zero attached hydrogens (tertiary/aromatic N) is 3. The molecular formula is C17H12Cl3N3O2S. The van der Waals surface area contributed by atoms with Crippen LogP contribution in [0.4, 0.5) is 0 Å². The molecule has 2 aromatic carbocycles. The standard InChI is InChI=1S/C17H12Cl3N3O2S/c1-10-2-4-12(5-3-10)23-9-21-22-17(23)26-8-15(24)25-16-13(19)6-11(18)7-14(16)20/h2-7,9H,8H2,1H3. The fourth-order valence-electron chi connectivity index (χ4n) is 2.10. The van der Waals surface area contributed by atoms with Gasteiger partial charge in [0.15, 0.2) is 10.9 Å². The van der Waals surface area contributed by atoms with Gasteiger partial charge in [-0.1, -0.05) is 64.3 Å². The first-order valence-corrected chi connectivity index (χ1v) is 9.51. The first-order valence-electron chi connectivity index (χ1n) is 7.39. The van der Waals surface area contributed by atoms with Gasteiger partial charge in [0.05, 0.1) is 15.8 Å². The molecule has 1 aromatic heterocycles. The number of benzene rings is 2. The summed E-state index contributed by atoms with van der Waals surface area (Å²) in [4.78, 5) is 12.1. The third-order valence-electron chi connectivity index (χ3n) is 3.33. The number of halogens is 3. The zero-order valence-electron chi connectivity index (χ0n) is 13.4. The number of aryl methyl sites for hydroxylation is 1. The van der Waals surface area contributed by atoms with Crippen LogP contribution in [0, 0.1) is 6.92 Å². The summed E-state index contributed by atoms with van der Waals surface area (Å²) in [6, 6.07) is 10.8. The molecule has 0 spiro atoms. The van der Waals surface area contributed by atoms with Crippen LogP contribution in [0.15, 0.2) is 47.9 Å². The molecule has 0 fully saturated rings. The van der Waals surface area contributed by atoms with Crippen LogP contribution in [0.25, 0.3) is 5.69 Å². The molecular weight excluding hydrogens is 417 g/mol. The third-order valence-corrected chi connectivity index (χ3v) is 5.02. The minimum Gasteiger partial charge on any atom is -0.423 e. The molecule has 0 saturated heterocycles. The summed E-state index contributed by atoms with van der Waals surface area (Å²) in [6.45, 7) is 2.01. The van der Waals surface area contributed by atoms with E-state index < -0.39 is 5.97 Å². The van der Waals surface area contributed by atoms with Gasteiger partial charge in [0, 0.05) is 10.7 Å². The van der Waals surface area contributed by atoms with E-state index in [-0.39, 0.29) is 21.5 Å². The maximum absolute atomic E-state index is 12.1. The van der Waals surface area contributed by atoms with E-state index in [9.17, 15) is 4.79 Å². The van der Waals surface area contributed by atoms with E-state index in [1.807, 2.05) is 31.2 Å². The molecule has 0 aliphatic rings. The SMILES string of the molecule is Cc1ccc(-n2cnnc2SCC(=O)Oc2c(Cl)cc(Cl)cc2Cl)cc1. The van der Waals surface area contributed by atoms with E-state index in [0.717, 1.165) is 11.3 Å². The second-order valence-electron chi connectivity index (χ2n) is 5.28. The minimum absolute atomic E-state index is 0.0137. The molecule has 0 bridgehead atoms. The number of hydrogen-bond acceptors (Lipinski definition) is 5. The fourth-order valence-corrected chi connectivity index (χ4v) is 3.70. The highest BCUT2D eigenvalue weighted by atomic mass is 35.5. The summed E-state index contributed by atoms with van der Waals surface area (Å²) in [5.41, 5.74) is 2.05. The number of aromatic nitrogens is 3. The van der Waals surface area contributed by atoms with Crippen molar-refractivity contribution in [3.8, 4) is 11.4 Å². The number of thioether (sulfide) groups is 1. The van der Waals surface area contributed by atoms with Crippen LogP contribution in [0.2, 0.25) is 15.1 Å². The molecule has 3 rings (SSSR count). The van der Waals surface area contributed by atoms with Crippen molar-refractivity contribution < 1.29 is 9.53 Å². The summed E-state index contributed by atoms with van der Waals surface area (Å²) in [5.74, 6) is -0.414. The molecule has 0 unspecified atom stereocenters. The van der Waals surface area contributed by atoms with E-state index in [1.165, 1.54) is 23.9 Å². The maximum Gasteiger partial charge on any atom is 0.321 e. The molecule has 0 atom stereocenters. The first kappa shape index (κ1) is 19.0. The van der Waals surface area contributed by atoms with Crippen molar-refractivity contribution in [2.75, 3.05) is 5.75 Å².